The third-order valence-corrected chi connectivity index (χ3v) is 3.37. The van der Waals surface area contributed by atoms with E-state index < -0.39 is 24.0 Å². The molecule has 2 heterocycles. The molecule has 8 heteroatoms. The lowest BCUT2D eigenvalue weighted by Gasteiger charge is -2.26. The molecular formula is C17H20N2O6. The van der Waals surface area contributed by atoms with Crippen molar-refractivity contribution >= 4 is 24.0 Å². The number of rotatable bonds is 6. The van der Waals surface area contributed by atoms with Gasteiger partial charge in [0.15, 0.2) is 0 Å². The third-order valence-electron chi connectivity index (χ3n) is 3.37. The number of furan rings is 1. The van der Waals surface area contributed by atoms with Crippen LogP contribution in [0.25, 0.3) is 6.08 Å². The molecule has 0 saturated heterocycles. The number of hydrogen-bond donors (Lipinski definition) is 2. The summed E-state index contributed by atoms with van der Waals surface area (Å²) in [5.41, 5.74) is 0.421. The molecular weight excluding hydrogens is 328 g/mol. The number of nitrogens with one attached hydrogen (secondary N) is 2. The van der Waals surface area contributed by atoms with Crippen LogP contribution in [0.5, 0.6) is 0 Å². The molecule has 2 amide bonds. The molecule has 1 atom stereocenters. The van der Waals surface area contributed by atoms with Crippen molar-refractivity contribution in [2.24, 2.45) is 0 Å². The fraction of sp³-hybridized carbons (Fsp3) is 0.353. The molecule has 1 aromatic rings. The highest BCUT2D eigenvalue weighted by molar-refractivity contribution is 5.95. The molecule has 0 aliphatic carbocycles. The van der Waals surface area contributed by atoms with E-state index in [1.54, 1.807) is 32.9 Å². The molecule has 1 aliphatic heterocycles. The van der Waals surface area contributed by atoms with Crippen molar-refractivity contribution in [1.29, 1.82) is 0 Å². The largest absolute Gasteiger partial charge is 0.463 e. The lowest BCUT2D eigenvalue weighted by Crippen LogP contribution is -2.50. The zero-order valence-corrected chi connectivity index (χ0v) is 14.3. The summed E-state index contributed by atoms with van der Waals surface area (Å²) in [6.45, 7) is 5.05. The first-order valence-corrected chi connectivity index (χ1v) is 7.79. The van der Waals surface area contributed by atoms with Crippen LogP contribution in [0.3, 0.4) is 0 Å². The molecule has 0 aromatic carbocycles. The Kier molecular flexibility index (Phi) is 5.99. The van der Waals surface area contributed by atoms with E-state index in [1.807, 2.05) is 0 Å². The molecule has 0 fully saturated rings. The Morgan fingerprint density at radius 1 is 1.32 bits per heavy atom. The van der Waals surface area contributed by atoms with Gasteiger partial charge in [0.1, 0.15) is 18.1 Å². The maximum Gasteiger partial charge on any atom is 0.338 e. The summed E-state index contributed by atoms with van der Waals surface area (Å²) in [6.07, 6.45) is 2.68. The number of ether oxygens (including phenoxy) is 2. The summed E-state index contributed by atoms with van der Waals surface area (Å²) in [6, 6.07) is 2.46. The predicted molar refractivity (Wildman–Crippen MR) is 88.2 cm³/mol. The van der Waals surface area contributed by atoms with Crippen molar-refractivity contribution in [1.82, 2.24) is 10.6 Å². The molecule has 1 aromatic heterocycles. The Hall–Kier alpha value is -3.03. The SMILES string of the molecule is CCOC(=O)C1=C(COC(=O)/C=C/c2ccc(C)o2)NC(=O)NC1C. The minimum absolute atomic E-state index is 0.196. The zero-order chi connectivity index (χ0) is 18.4. The molecule has 8 nitrogen and oxygen atoms in total. The second-order valence-corrected chi connectivity index (χ2v) is 5.32. The number of hydrogen-bond acceptors (Lipinski definition) is 6. The fourth-order valence-corrected chi connectivity index (χ4v) is 2.28. The summed E-state index contributed by atoms with van der Waals surface area (Å²) in [7, 11) is 0. The summed E-state index contributed by atoms with van der Waals surface area (Å²) in [4.78, 5) is 35.5. The molecule has 134 valence electrons. The van der Waals surface area contributed by atoms with Crippen LogP contribution in [-0.2, 0) is 19.1 Å². The zero-order valence-electron chi connectivity index (χ0n) is 14.3. The fourth-order valence-electron chi connectivity index (χ4n) is 2.28. The minimum Gasteiger partial charge on any atom is -0.463 e. The van der Waals surface area contributed by atoms with Crippen molar-refractivity contribution in [2.75, 3.05) is 13.2 Å². The molecule has 2 N–H and O–H groups in total. The van der Waals surface area contributed by atoms with Gasteiger partial charge in [-0.1, -0.05) is 0 Å². The van der Waals surface area contributed by atoms with E-state index in [0.717, 1.165) is 5.76 Å². The summed E-state index contributed by atoms with van der Waals surface area (Å²) in [5, 5.41) is 5.04. The average Bonchev–Trinajstić information content (AvgIpc) is 2.96. The van der Waals surface area contributed by atoms with E-state index in [1.165, 1.54) is 12.2 Å². The second-order valence-electron chi connectivity index (χ2n) is 5.32. The number of aryl methyl sites for hydroxylation is 1. The highest BCUT2D eigenvalue weighted by Crippen LogP contribution is 2.15. The van der Waals surface area contributed by atoms with Crippen LogP contribution in [0.15, 0.2) is 33.9 Å². The summed E-state index contributed by atoms with van der Waals surface area (Å²) >= 11 is 0. The Labute approximate surface area is 144 Å². The molecule has 0 spiro atoms. The molecule has 1 aliphatic rings. The minimum atomic E-state index is -0.634. The van der Waals surface area contributed by atoms with E-state index in [0.29, 0.717) is 5.76 Å². The lowest BCUT2D eigenvalue weighted by molar-refractivity contribution is -0.140. The number of carbonyl (C=O) groups is 3. The molecule has 25 heavy (non-hydrogen) atoms. The van der Waals surface area contributed by atoms with Crippen LogP contribution in [0.2, 0.25) is 0 Å². The van der Waals surface area contributed by atoms with Crippen molar-refractivity contribution in [3.05, 3.63) is 41.0 Å². The summed E-state index contributed by atoms with van der Waals surface area (Å²) < 4.78 is 15.4. The Morgan fingerprint density at radius 2 is 2.08 bits per heavy atom. The monoisotopic (exact) mass is 348 g/mol. The maximum absolute atomic E-state index is 12.0. The van der Waals surface area contributed by atoms with E-state index in [9.17, 15) is 14.4 Å². The van der Waals surface area contributed by atoms with Gasteiger partial charge in [-0.25, -0.2) is 14.4 Å². The topological polar surface area (TPSA) is 107 Å². The van der Waals surface area contributed by atoms with Gasteiger partial charge in [-0.15, -0.1) is 0 Å². The quantitative estimate of drug-likeness (QED) is 0.598. The lowest BCUT2D eigenvalue weighted by atomic mass is 10.0. The predicted octanol–water partition coefficient (Wildman–Crippen LogP) is 1.66. The van der Waals surface area contributed by atoms with Crippen molar-refractivity contribution < 1.29 is 28.3 Å². The van der Waals surface area contributed by atoms with Crippen molar-refractivity contribution in [3.63, 3.8) is 0 Å². The molecule has 0 saturated carbocycles. The first kappa shape index (κ1) is 18.3. The molecule has 2 rings (SSSR count). The first-order valence-electron chi connectivity index (χ1n) is 7.79. The number of urea groups is 1. The van der Waals surface area contributed by atoms with E-state index in [2.05, 4.69) is 10.6 Å². The van der Waals surface area contributed by atoms with Gasteiger partial charge in [0.2, 0.25) is 0 Å². The van der Waals surface area contributed by atoms with Gasteiger partial charge < -0.3 is 24.5 Å². The standard InChI is InChI=1S/C17H20N2O6/c1-4-23-16(21)15-11(3)18-17(22)19-13(15)9-24-14(20)8-7-12-6-5-10(2)25-12/h5-8,11H,4,9H2,1-3H3,(H2,18,19,22)/b8-7+. The Balaban J connectivity index is 2.05. The van der Waals surface area contributed by atoms with Gasteiger partial charge in [-0.05, 0) is 39.0 Å². The van der Waals surface area contributed by atoms with E-state index >= 15 is 0 Å². The third kappa shape index (κ3) is 4.97. The van der Waals surface area contributed by atoms with Crippen LogP contribution in [0.4, 0.5) is 4.79 Å². The number of amides is 2. The van der Waals surface area contributed by atoms with Gasteiger partial charge in [-0.2, -0.15) is 0 Å². The molecule has 0 bridgehead atoms. The Bertz CT molecular complexity index is 731. The number of carbonyl (C=O) groups excluding carboxylic acids is 3. The first-order chi connectivity index (χ1) is 11.9. The highest BCUT2D eigenvalue weighted by Gasteiger charge is 2.30. The van der Waals surface area contributed by atoms with Crippen molar-refractivity contribution in [3.8, 4) is 0 Å². The number of esters is 2. The normalized spacial score (nSPS) is 17.2. The van der Waals surface area contributed by atoms with Gasteiger partial charge in [0.25, 0.3) is 0 Å². The van der Waals surface area contributed by atoms with Crippen molar-refractivity contribution in [2.45, 2.75) is 26.8 Å². The van der Waals surface area contributed by atoms with Crippen LogP contribution >= 0.6 is 0 Å². The highest BCUT2D eigenvalue weighted by atomic mass is 16.5. The van der Waals surface area contributed by atoms with E-state index in [4.69, 9.17) is 13.9 Å². The van der Waals surface area contributed by atoms with Gasteiger partial charge in [0, 0.05) is 6.08 Å². The summed E-state index contributed by atoms with van der Waals surface area (Å²) in [5.74, 6) is 0.0358. The second kappa shape index (κ2) is 8.18. The van der Waals surface area contributed by atoms with Gasteiger partial charge >= 0.3 is 18.0 Å². The van der Waals surface area contributed by atoms with E-state index in [-0.39, 0.29) is 24.5 Å². The smallest absolute Gasteiger partial charge is 0.338 e. The van der Waals surface area contributed by atoms with Crippen LogP contribution in [-0.4, -0.2) is 37.2 Å². The van der Waals surface area contributed by atoms with Gasteiger partial charge in [-0.3, -0.25) is 0 Å². The maximum atomic E-state index is 12.0. The molecule has 0 radical (unpaired) electrons. The van der Waals surface area contributed by atoms with Crippen LogP contribution in [0.1, 0.15) is 25.4 Å². The Morgan fingerprint density at radius 3 is 2.72 bits per heavy atom. The van der Waals surface area contributed by atoms with Gasteiger partial charge in [0.05, 0.1) is 23.9 Å². The van der Waals surface area contributed by atoms with Crippen LogP contribution < -0.4 is 10.6 Å². The molecule has 1 unspecified atom stereocenters. The average molecular weight is 348 g/mol. The van der Waals surface area contributed by atoms with Crippen LogP contribution in [0, 0.1) is 6.92 Å².